The van der Waals surface area contributed by atoms with Crippen molar-refractivity contribution >= 4 is 11.7 Å². The fourth-order valence-corrected chi connectivity index (χ4v) is 1.81. The standard InChI is InChI=1S/C15H21FN2O2/c1-11-3-6-13(16)9-14(11)18-15(19)17-7-2-8-20-10-12-4-5-12/h3,6,9,12H,2,4-5,7-8,10H2,1H3,(H2,17,18,19). The normalized spacial score (nSPS) is 14.1. The zero-order valence-corrected chi connectivity index (χ0v) is 11.7. The third-order valence-corrected chi connectivity index (χ3v) is 3.25. The van der Waals surface area contributed by atoms with Crippen molar-refractivity contribution in [1.82, 2.24) is 5.32 Å². The third-order valence-electron chi connectivity index (χ3n) is 3.25. The first-order chi connectivity index (χ1) is 9.65. The number of ether oxygens (including phenoxy) is 1. The summed E-state index contributed by atoms with van der Waals surface area (Å²) in [6, 6.07) is 4.00. The van der Waals surface area contributed by atoms with Crippen molar-refractivity contribution in [2.75, 3.05) is 25.1 Å². The molecule has 1 aliphatic carbocycles. The van der Waals surface area contributed by atoms with E-state index >= 15 is 0 Å². The van der Waals surface area contributed by atoms with Gasteiger partial charge in [-0.1, -0.05) is 6.07 Å². The third kappa shape index (κ3) is 5.17. The Hall–Kier alpha value is -1.62. The molecule has 0 radical (unpaired) electrons. The summed E-state index contributed by atoms with van der Waals surface area (Å²) in [6.45, 7) is 3.87. The average molecular weight is 280 g/mol. The molecule has 0 unspecified atom stereocenters. The average Bonchev–Trinajstić information content (AvgIpc) is 3.22. The van der Waals surface area contributed by atoms with Crippen LogP contribution in [0.15, 0.2) is 18.2 Å². The van der Waals surface area contributed by atoms with E-state index in [1.165, 1.54) is 25.0 Å². The Bertz CT molecular complexity index is 461. The Balaban J connectivity index is 1.60. The predicted molar refractivity (Wildman–Crippen MR) is 76.3 cm³/mol. The van der Waals surface area contributed by atoms with E-state index in [2.05, 4.69) is 10.6 Å². The Labute approximate surface area is 118 Å². The summed E-state index contributed by atoms with van der Waals surface area (Å²) in [5.41, 5.74) is 1.32. The number of carbonyl (C=O) groups excluding carboxylic acids is 1. The van der Waals surface area contributed by atoms with Crippen LogP contribution in [-0.2, 0) is 4.74 Å². The Morgan fingerprint density at radius 1 is 1.45 bits per heavy atom. The molecule has 1 saturated carbocycles. The second-order valence-corrected chi connectivity index (χ2v) is 5.21. The van der Waals surface area contributed by atoms with E-state index < -0.39 is 0 Å². The molecule has 0 bridgehead atoms. The van der Waals surface area contributed by atoms with Crippen molar-refractivity contribution in [2.45, 2.75) is 26.2 Å². The van der Waals surface area contributed by atoms with E-state index in [1.807, 2.05) is 6.92 Å². The predicted octanol–water partition coefficient (Wildman–Crippen LogP) is 3.07. The molecule has 0 heterocycles. The van der Waals surface area contributed by atoms with Crippen molar-refractivity contribution in [2.24, 2.45) is 5.92 Å². The minimum absolute atomic E-state index is 0.319. The number of hydrogen-bond acceptors (Lipinski definition) is 2. The van der Waals surface area contributed by atoms with Gasteiger partial charge in [-0.3, -0.25) is 0 Å². The van der Waals surface area contributed by atoms with Crippen LogP contribution < -0.4 is 10.6 Å². The molecule has 2 amide bonds. The van der Waals surface area contributed by atoms with Gasteiger partial charge < -0.3 is 15.4 Å². The SMILES string of the molecule is Cc1ccc(F)cc1NC(=O)NCCCOCC1CC1. The highest BCUT2D eigenvalue weighted by molar-refractivity contribution is 5.89. The summed E-state index contributed by atoms with van der Waals surface area (Å²) in [4.78, 5) is 11.6. The molecule has 1 aromatic carbocycles. The summed E-state index contributed by atoms with van der Waals surface area (Å²) < 4.78 is 18.5. The highest BCUT2D eigenvalue weighted by atomic mass is 19.1. The number of carbonyl (C=O) groups is 1. The number of halogens is 1. The lowest BCUT2D eigenvalue weighted by Crippen LogP contribution is -2.30. The fraction of sp³-hybridized carbons (Fsp3) is 0.533. The molecule has 0 aromatic heterocycles. The lowest BCUT2D eigenvalue weighted by Gasteiger charge is -2.10. The molecule has 0 aliphatic heterocycles. The van der Waals surface area contributed by atoms with Crippen molar-refractivity contribution in [3.8, 4) is 0 Å². The number of anilines is 1. The topological polar surface area (TPSA) is 50.4 Å². The molecule has 0 atom stereocenters. The lowest BCUT2D eigenvalue weighted by atomic mass is 10.2. The van der Waals surface area contributed by atoms with Crippen LogP contribution in [0.25, 0.3) is 0 Å². The number of nitrogens with one attached hydrogen (secondary N) is 2. The zero-order chi connectivity index (χ0) is 14.4. The van der Waals surface area contributed by atoms with E-state index in [9.17, 15) is 9.18 Å². The van der Waals surface area contributed by atoms with Crippen LogP contribution in [0.5, 0.6) is 0 Å². The van der Waals surface area contributed by atoms with Crippen LogP contribution in [0.4, 0.5) is 14.9 Å². The van der Waals surface area contributed by atoms with Gasteiger partial charge in [0.1, 0.15) is 5.82 Å². The summed E-state index contributed by atoms with van der Waals surface area (Å²) in [6.07, 6.45) is 3.35. The van der Waals surface area contributed by atoms with Crippen molar-refractivity contribution < 1.29 is 13.9 Å². The van der Waals surface area contributed by atoms with Crippen LogP contribution in [0, 0.1) is 18.7 Å². The Morgan fingerprint density at radius 2 is 2.25 bits per heavy atom. The summed E-state index contributed by atoms with van der Waals surface area (Å²) in [5.74, 6) is 0.404. The lowest BCUT2D eigenvalue weighted by molar-refractivity contribution is 0.122. The van der Waals surface area contributed by atoms with Crippen molar-refractivity contribution in [3.63, 3.8) is 0 Å². The van der Waals surface area contributed by atoms with E-state index in [0.29, 0.717) is 18.8 Å². The van der Waals surface area contributed by atoms with Gasteiger partial charge in [0.05, 0.1) is 0 Å². The molecule has 1 aromatic rings. The van der Waals surface area contributed by atoms with Crippen LogP contribution >= 0.6 is 0 Å². The van der Waals surface area contributed by atoms with E-state index in [1.54, 1.807) is 6.07 Å². The summed E-state index contributed by atoms with van der Waals surface area (Å²) in [7, 11) is 0. The van der Waals surface area contributed by atoms with Gasteiger partial charge in [-0.2, -0.15) is 0 Å². The van der Waals surface area contributed by atoms with Crippen LogP contribution in [-0.4, -0.2) is 25.8 Å². The molecule has 1 fully saturated rings. The van der Waals surface area contributed by atoms with Gasteiger partial charge in [-0.05, 0) is 49.8 Å². The number of benzene rings is 1. The Kier molecular flexibility index (Phi) is 5.35. The van der Waals surface area contributed by atoms with E-state index in [-0.39, 0.29) is 11.8 Å². The first-order valence-electron chi connectivity index (χ1n) is 7.04. The monoisotopic (exact) mass is 280 g/mol. The molecular formula is C15H21FN2O2. The molecule has 4 nitrogen and oxygen atoms in total. The zero-order valence-electron chi connectivity index (χ0n) is 11.7. The smallest absolute Gasteiger partial charge is 0.319 e. The summed E-state index contributed by atoms with van der Waals surface area (Å²) >= 11 is 0. The van der Waals surface area contributed by atoms with Gasteiger partial charge >= 0.3 is 6.03 Å². The molecule has 5 heteroatoms. The second-order valence-electron chi connectivity index (χ2n) is 5.21. The van der Waals surface area contributed by atoms with Gasteiger partial charge in [0.2, 0.25) is 0 Å². The molecule has 0 spiro atoms. The fourth-order valence-electron chi connectivity index (χ4n) is 1.81. The highest BCUT2D eigenvalue weighted by Crippen LogP contribution is 2.28. The number of urea groups is 1. The number of aryl methyl sites for hydroxylation is 1. The molecule has 110 valence electrons. The maximum absolute atomic E-state index is 13.1. The first-order valence-corrected chi connectivity index (χ1v) is 7.04. The van der Waals surface area contributed by atoms with E-state index in [0.717, 1.165) is 24.5 Å². The molecule has 1 aliphatic rings. The first kappa shape index (κ1) is 14.8. The second kappa shape index (κ2) is 7.24. The molecule has 2 rings (SSSR count). The van der Waals surface area contributed by atoms with Crippen LogP contribution in [0.3, 0.4) is 0 Å². The largest absolute Gasteiger partial charge is 0.381 e. The minimum Gasteiger partial charge on any atom is -0.381 e. The van der Waals surface area contributed by atoms with Crippen LogP contribution in [0.2, 0.25) is 0 Å². The van der Waals surface area contributed by atoms with Crippen molar-refractivity contribution in [3.05, 3.63) is 29.6 Å². The van der Waals surface area contributed by atoms with Gasteiger partial charge in [0.25, 0.3) is 0 Å². The minimum atomic E-state index is -0.362. The quantitative estimate of drug-likeness (QED) is 0.754. The molecule has 2 N–H and O–H groups in total. The van der Waals surface area contributed by atoms with Gasteiger partial charge in [-0.25, -0.2) is 9.18 Å². The molecule has 20 heavy (non-hydrogen) atoms. The maximum Gasteiger partial charge on any atom is 0.319 e. The molecule has 0 saturated heterocycles. The number of amides is 2. The van der Waals surface area contributed by atoms with Gasteiger partial charge in [-0.15, -0.1) is 0 Å². The Morgan fingerprint density at radius 3 is 3.00 bits per heavy atom. The number of hydrogen-bond donors (Lipinski definition) is 2. The summed E-state index contributed by atoms with van der Waals surface area (Å²) in [5, 5.41) is 5.37. The van der Waals surface area contributed by atoms with Crippen molar-refractivity contribution in [1.29, 1.82) is 0 Å². The van der Waals surface area contributed by atoms with Gasteiger partial charge in [0, 0.05) is 25.4 Å². The van der Waals surface area contributed by atoms with Crippen LogP contribution in [0.1, 0.15) is 24.8 Å². The van der Waals surface area contributed by atoms with E-state index in [4.69, 9.17) is 4.74 Å². The molecular weight excluding hydrogens is 259 g/mol. The van der Waals surface area contributed by atoms with Gasteiger partial charge in [0.15, 0.2) is 0 Å². The maximum atomic E-state index is 13.1. The number of rotatable bonds is 7. The highest BCUT2D eigenvalue weighted by Gasteiger charge is 2.20.